The van der Waals surface area contributed by atoms with Gasteiger partial charge in [0.1, 0.15) is 6.04 Å². The zero-order valence-corrected chi connectivity index (χ0v) is 17.6. The summed E-state index contributed by atoms with van der Waals surface area (Å²) in [7, 11) is 1.88. The minimum Gasteiger partial charge on any atom is -0.408 e. The van der Waals surface area contributed by atoms with Gasteiger partial charge in [0.05, 0.1) is 0 Å². The van der Waals surface area contributed by atoms with Crippen molar-refractivity contribution in [2.24, 2.45) is 11.8 Å². The van der Waals surface area contributed by atoms with Gasteiger partial charge in [0.25, 0.3) is 11.1 Å². The van der Waals surface area contributed by atoms with Crippen LogP contribution in [0.1, 0.15) is 74.9 Å². The summed E-state index contributed by atoms with van der Waals surface area (Å²) in [6.45, 7) is 0.818. The standard InChI is InChI=1S/C20H32N4O3S/c1-21-12-13-28-20-24-23-19(27-20)17(25)16(14-8-4-2-5-9-14)22-18(26)15-10-6-3-7-11-15/h14-16,21H,2-13H2,1H3,(H,22,26). The third kappa shape index (κ3) is 5.80. The van der Waals surface area contributed by atoms with E-state index in [-0.39, 0.29) is 29.4 Å². The number of hydrogen-bond donors (Lipinski definition) is 2. The molecule has 2 saturated carbocycles. The number of hydrogen-bond acceptors (Lipinski definition) is 7. The number of carbonyl (C=O) groups excluding carboxylic acids is 2. The zero-order chi connectivity index (χ0) is 19.8. The van der Waals surface area contributed by atoms with Crippen LogP contribution in [0.2, 0.25) is 0 Å². The highest BCUT2D eigenvalue weighted by molar-refractivity contribution is 7.99. The fourth-order valence-electron chi connectivity index (χ4n) is 4.24. The third-order valence-corrected chi connectivity index (χ3v) is 6.69. The molecule has 156 valence electrons. The number of rotatable bonds is 9. The Morgan fingerprint density at radius 2 is 1.75 bits per heavy atom. The Bertz CT molecular complexity index is 639. The Balaban J connectivity index is 1.68. The molecule has 0 radical (unpaired) electrons. The first-order valence-corrected chi connectivity index (χ1v) is 11.6. The molecule has 28 heavy (non-hydrogen) atoms. The number of nitrogens with zero attached hydrogens (tertiary/aromatic N) is 2. The van der Waals surface area contributed by atoms with E-state index in [1.807, 2.05) is 7.05 Å². The van der Waals surface area contributed by atoms with Crippen LogP contribution in [0, 0.1) is 11.8 Å². The summed E-state index contributed by atoms with van der Waals surface area (Å²) in [5, 5.41) is 14.5. The van der Waals surface area contributed by atoms with Crippen molar-refractivity contribution in [2.75, 3.05) is 19.3 Å². The lowest BCUT2D eigenvalue weighted by atomic mass is 9.81. The average Bonchev–Trinajstić information content (AvgIpc) is 3.22. The number of carbonyl (C=O) groups is 2. The predicted octanol–water partition coefficient (Wildman–Crippen LogP) is 3.21. The number of thioether (sulfide) groups is 1. The molecule has 2 fully saturated rings. The van der Waals surface area contributed by atoms with Gasteiger partial charge in [-0.25, -0.2) is 0 Å². The van der Waals surface area contributed by atoms with Gasteiger partial charge in [0.2, 0.25) is 11.7 Å². The number of aromatic nitrogens is 2. The van der Waals surface area contributed by atoms with Crippen LogP contribution in [-0.4, -0.2) is 47.3 Å². The lowest BCUT2D eigenvalue weighted by Gasteiger charge is -2.31. The molecule has 1 aromatic rings. The molecule has 1 unspecified atom stereocenters. The monoisotopic (exact) mass is 408 g/mol. The largest absolute Gasteiger partial charge is 0.408 e. The van der Waals surface area contributed by atoms with E-state index in [1.54, 1.807) is 0 Å². The van der Waals surface area contributed by atoms with Crippen molar-refractivity contribution in [2.45, 2.75) is 75.5 Å². The topological polar surface area (TPSA) is 97.1 Å². The number of amides is 1. The van der Waals surface area contributed by atoms with Gasteiger partial charge in [-0.3, -0.25) is 9.59 Å². The Morgan fingerprint density at radius 1 is 1.07 bits per heavy atom. The Labute approximate surface area is 171 Å². The lowest BCUT2D eigenvalue weighted by Crippen LogP contribution is -2.49. The summed E-state index contributed by atoms with van der Waals surface area (Å²) in [4.78, 5) is 26.0. The van der Waals surface area contributed by atoms with Gasteiger partial charge in [-0.05, 0) is 38.6 Å². The molecule has 1 amide bonds. The number of ketones is 1. The molecule has 0 bridgehead atoms. The molecule has 0 aromatic carbocycles. The van der Waals surface area contributed by atoms with Crippen molar-refractivity contribution in [3.05, 3.63) is 5.89 Å². The van der Waals surface area contributed by atoms with E-state index in [2.05, 4.69) is 20.8 Å². The Morgan fingerprint density at radius 3 is 2.43 bits per heavy atom. The van der Waals surface area contributed by atoms with Crippen LogP contribution in [0.4, 0.5) is 0 Å². The highest BCUT2D eigenvalue weighted by Gasteiger charge is 2.36. The van der Waals surface area contributed by atoms with E-state index in [0.29, 0.717) is 5.22 Å². The van der Waals surface area contributed by atoms with Gasteiger partial charge in [0.15, 0.2) is 0 Å². The molecule has 0 aliphatic heterocycles. The average molecular weight is 409 g/mol. The van der Waals surface area contributed by atoms with E-state index in [4.69, 9.17) is 4.42 Å². The fourth-order valence-corrected chi connectivity index (χ4v) is 4.96. The quantitative estimate of drug-likeness (QED) is 0.368. The van der Waals surface area contributed by atoms with Crippen molar-refractivity contribution in [1.29, 1.82) is 0 Å². The molecule has 2 aliphatic carbocycles. The molecule has 0 saturated heterocycles. The van der Waals surface area contributed by atoms with Crippen LogP contribution in [0.3, 0.4) is 0 Å². The molecular formula is C20H32N4O3S. The minimum absolute atomic E-state index is 0.0199. The van der Waals surface area contributed by atoms with E-state index in [9.17, 15) is 9.59 Å². The fraction of sp³-hybridized carbons (Fsp3) is 0.800. The first kappa shape index (κ1) is 21.3. The van der Waals surface area contributed by atoms with Crippen molar-refractivity contribution >= 4 is 23.5 Å². The number of Topliss-reactive ketones (excluding diaryl/α,β-unsaturated/α-hetero) is 1. The van der Waals surface area contributed by atoms with E-state index < -0.39 is 6.04 Å². The van der Waals surface area contributed by atoms with Gasteiger partial charge in [-0.15, -0.1) is 10.2 Å². The minimum atomic E-state index is -0.551. The molecule has 0 spiro atoms. The first-order valence-electron chi connectivity index (χ1n) is 10.6. The van der Waals surface area contributed by atoms with Crippen LogP contribution in [-0.2, 0) is 4.79 Å². The first-order chi connectivity index (χ1) is 13.7. The normalized spacial score (nSPS) is 20.0. The summed E-state index contributed by atoms with van der Waals surface area (Å²) in [5.74, 6) is 0.780. The van der Waals surface area contributed by atoms with Gasteiger partial charge in [-0.1, -0.05) is 50.3 Å². The predicted molar refractivity (Wildman–Crippen MR) is 108 cm³/mol. The highest BCUT2D eigenvalue weighted by atomic mass is 32.2. The van der Waals surface area contributed by atoms with Gasteiger partial charge in [0, 0.05) is 18.2 Å². The van der Waals surface area contributed by atoms with Crippen molar-refractivity contribution in [1.82, 2.24) is 20.8 Å². The van der Waals surface area contributed by atoms with E-state index in [0.717, 1.165) is 63.7 Å². The summed E-state index contributed by atoms with van der Waals surface area (Å²) in [6, 6.07) is -0.551. The molecule has 8 heteroatoms. The Kier molecular flexibility index (Phi) is 8.33. The molecule has 1 atom stereocenters. The third-order valence-electron chi connectivity index (χ3n) is 5.87. The molecule has 7 nitrogen and oxygen atoms in total. The second-order valence-corrected chi connectivity index (χ2v) is 8.95. The molecule has 2 aliphatic rings. The maximum absolute atomic E-state index is 13.2. The smallest absolute Gasteiger partial charge is 0.286 e. The maximum Gasteiger partial charge on any atom is 0.286 e. The highest BCUT2D eigenvalue weighted by Crippen LogP contribution is 2.30. The summed E-state index contributed by atoms with van der Waals surface area (Å²) >= 11 is 1.42. The molecule has 3 rings (SSSR count). The van der Waals surface area contributed by atoms with Crippen molar-refractivity contribution in [3.8, 4) is 0 Å². The summed E-state index contributed by atoms with van der Waals surface area (Å²) in [5.41, 5.74) is 0. The molecule has 1 aromatic heterocycles. The van der Waals surface area contributed by atoms with Crippen LogP contribution < -0.4 is 10.6 Å². The van der Waals surface area contributed by atoms with Gasteiger partial charge in [-0.2, -0.15) is 0 Å². The van der Waals surface area contributed by atoms with Gasteiger partial charge >= 0.3 is 0 Å². The SMILES string of the molecule is CNCCSc1nnc(C(=O)C(NC(=O)C2CCCCC2)C2CCCCC2)o1. The van der Waals surface area contributed by atoms with Crippen molar-refractivity contribution < 1.29 is 14.0 Å². The summed E-state index contributed by atoms with van der Waals surface area (Å²) < 4.78 is 5.60. The Hall–Kier alpha value is -1.41. The number of nitrogens with one attached hydrogen (secondary N) is 2. The van der Waals surface area contributed by atoms with Gasteiger partial charge < -0.3 is 15.1 Å². The van der Waals surface area contributed by atoms with Crippen LogP contribution in [0.25, 0.3) is 0 Å². The second kappa shape index (κ2) is 11.0. The molecule has 2 N–H and O–H groups in total. The van der Waals surface area contributed by atoms with Crippen molar-refractivity contribution in [3.63, 3.8) is 0 Å². The zero-order valence-electron chi connectivity index (χ0n) is 16.7. The van der Waals surface area contributed by atoms with E-state index in [1.165, 1.54) is 24.6 Å². The second-order valence-electron chi connectivity index (χ2n) is 7.91. The van der Waals surface area contributed by atoms with E-state index >= 15 is 0 Å². The van der Waals surface area contributed by atoms with Crippen LogP contribution in [0.5, 0.6) is 0 Å². The summed E-state index contributed by atoms with van der Waals surface area (Å²) in [6.07, 6.45) is 10.5. The van der Waals surface area contributed by atoms with Crippen LogP contribution in [0.15, 0.2) is 9.64 Å². The van der Waals surface area contributed by atoms with Crippen LogP contribution >= 0.6 is 11.8 Å². The maximum atomic E-state index is 13.2. The molecular weight excluding hydrogens is 376 g/mol. The molecule has 1 heterocycles. The lowest BCUT2D eigenvalue weighted by molar-refractivity contribution is -0.126.